The molecule has 1 N–H and O–H groups in total. The molecule has 0 radical (unpaired) electrons. The van der Waals surface area contributed by atoms with E-state index in [1.54, 1.807) is 17.8 Å². The van der Waals surface area contributed by atoms with Gasteiger partial charge in [0, 0.05) is 43.3 Å². The molecule has 4 rings (SSSR count). The van der Waals surface area contributed by atoms with E-state index in [1.165, 1.54) is 25.4 Å². The molecule has 162 valence electrons. The van der Waals surface area contributed by atoms with Crippen LogP contribution in [-0.2, 0) is 16.0 Å². The number of furan rings is 1. The predicted molar refractivity (Wildman–Crippen MR) is 112 cm³/mol. The molecule has 2 fully saturated rings. The molecule has 30 heavy (non-hydrogen) atoms. The molecule has 2 aromatic heterocycles. The zero-order chi connectivity index (χ0) is 20.8. The number of hydrogen-bond acceptors (Lipinski definition) is 8. The van der Waals surface area contributed by atoms with Crippen molar-refractivity contribution >= 4 is 17.7 Å². The molecular formula is C21H28N4O4S. The molecule has 0 aromatic carbocycles. The average molecular weight is 433 g/mol. The number of nitrogens with one attached hydrogen (secondary N) is 1. The average Bonchev–Trinajstić information content (AvgIpc) is 3.38. The van der Waals surface area contributed by atoms with Crippen LogP contribution in [-0.4, -0.2) is 71.1 Å². The number of unbranched alkanes of at least 4 members (excludes halogenated alkanes) is 1. The molecule has 2 aliphatic heterocycles. The summed E-state index contributed by atoms with van der Waals surface area (Å²) in [7, 11) is 0. The Labute approximate surface area is 180 Å². The molecule has 8 nitrogen and oxygen atoms in total. The van der Waals surface area contributed by atoms with E-state index in [1.807, 2.05) is 12.4 Å². The summed E-state index contributed by atoms with van der Waals surface area (Å²) in [5.74, 6) is 0.884. The van der Waals surface area contributed by atoms with Crippen LogP contribution in [0.25, 0.3) is 0 Å². The van der Waals surface area contributed by atoms with E-state index in [-0.39, 0.29) is 24.2 Å². The van der Waals surface area contributed by atoms with Gasteiger partial charge in [0.25, 0.3) is 5.91 Å². The van der Waals surface area contributed by atoms with Gasteiger partial charge in [-0.25, -0.2) is 9.97 Å². The van der Waals surface area contributed by atoms with Gasteiger partial charge < -0.3 is 19.2 Å². The van der Waals surface area contributed by atoms with Crippen LogP contribution in [0.1, 0.15) is 35.7 Å². The van der Waals surface area contributed by atoms with Crippen LogP contribution in [0.3, 0.4) is 0 Å². The first-order chi connectivity index (χ1) is 14.7. The maximum absolute atomic E-state index is 12.2. The number of carbonyl (C=O) groups is 1. The molecule has 0 bridgehead atoms. The summed E-state index contributed by atoms with van der Waals surface area (Å²) >= 11 is 1.71. The molecule has 2 aromatic rings. The first kappa shape index (κ1) is 21.3. The topological polar surface area (TPSA) is 89.7 Å². The van der Waals surface area contributed by atoms with Gasteiger partial charge in [0.1, 0.15) is 6.26 Å². The predicted octanol–water partition coefficient (Wildman–Crippen LogP) is 2.36. The van der Waals surface area contributed by atoms with E-state index < -0.39 is 0 Å². The largest absolute Gasteiger partial charge is 0.472 e. The lowest BCUT2D eigenvalue weighted by molar-refractivity contribution is -0.00461. The molecular weight excluding hydrogens is 404 g/mol. The summed E-state index contributed by atoms with van der Waals surface area (Å²) < 4.78 is 17.1. The van der Waals surface area contributed by atoms with Gasteiger partial charge in [-0.05, 0) is 12.5 Å². The first-order valence-electron chi connectivity index (χ1n) is 10.4. The lowest BCUT2D eigenvalue weighted by atomic mass is 10.2. The molecule has 4 heterocycles. The zero-order valence-corrected chi connectivity index (χ0v) is 18.0. The van der Waals surface area contributed by atoms with Gasteiger partial charge in [0.2, 0.25) is 0 Å². The lowest BCUT2D eigenvalue weighted by Gasteiger charge is -2.19. The zero-order valence-electron chi connectivity index (χ0n) is 17.2. The summed E-state index contributed by atoms with van der Waals surface area (Å²) in [6, 6.07) is 1.47. The van der Waals surface area contributed by atoms with Crippen molar-refractivity contribution in [3.63, 3.8) is 0 Å². The summed E-state index contributed by atoms with van der Waals surface area (Å²) in [4.78, 5) is 23.4. The monoisotopic (exact) mass is 432 g/mol. The van der Waals surface area contributed by atoms with Crippen molar-refractivity contribution in [1.82, 2.24) is 20.2 Å². The number of rotatable bonds is 8. The third kappa shape index (κ3) is 5.60. The minimum absolute atomic E-state index is 0.00520. The minimum Gasteiger partial charge on any atom is -0.472 e. The lowest BCUT2D eigenvalue weighted by Crippen LogP contribution is -2.41. The third-order valence-electron chi connectivity index (χ3n) is 5.25. The van der Waals surface area contributed by atoms with Crippen LogP contribution in [0, 0.1) is 0 Å². The summed E-state index contributed by atoms with van der Waals surface area (Å²) in [6.07, 6.45) is 9.12. The minimum atomic E-state index is -0.175. The quantitative estimate of drug-likeness (QED) is 0.386. The van der Waals surface area contributed by atoms with E-state index in [9.17, 15) is 4.79 Å². The number of amides is 1. The Bertz CT molecular complexity index is 786. The molecule has 2 atom stereocenters. The van der Waals surface area contributed by atoms with Gasteiger partial charge in [-0.2, -0.15) is 0 Å². The number of likely N-dealkylation sites (tertiary alicyclic amines) is 1. The maximum atomic E-state index is 12.2. The molecule has 2 aliphatic rings. The van der Waals surface area contributed by atoms with Crippen molar-refractivity contribution in [2.75, 3.05) is 32.1 Å². The Kier molecular flexibility index (Phi) is 7.37. The van der Waals surface area contributed by atoms with E-state index in [0.29, 0.717) is 18.8 Å². The number of hydrogen-bond donors (Lipinski definition) is 1. The highest BCUT2D eigenvalue weighted by Gasteiger charge is 2.37. The fourth-order valence-corrected chi connectivity index (χ4v) is 4.48. The van der Waals surface area contributed by atoms with E-state index in [0.717, 1.165) is 36.1 Å². The van der Waals surface area contributed by atoms with Crippen LogP contribution in [0.2, 0.25) is 0 Å². The van der Waals surface area contributed by atoms with E-state index in [2.05, 4.69) is 27.1 Å². The van der Waals surface area contributed by atoms with Crippen molar-refractivity contribution in [1.29, 1.82) is 0 Å². The molecule has 0 spiro atoms. The number of fused-ring (bicyclic) bond motifs is 1. The van der Waals surface area contributed by atoms with Crippen LogP contribution < -0.4 is 5.32 Å². The van der Waals surface area contributed by atoms with Gasteiger partial charge >= 0.3 is 0 Å². The normalized spacial score (nSPS) is 22.6. The molecule has 0 aliphatic carbocycles. The van der Waals surface area contributed by atoms with Gasteiger partial charge in [-0.3, -0.25) is 9.69 Å². The summed E-state index contributed by atoms with van der Waals surface area (Å²) in [5.41, 5.74) is 1.60. The highest BCUT2D eigenvalue weighted by Crippen LogP contribution is 2.22. The van der Waals surface area contributed by atoms with Crippen LogP contribution in [0.4, 0.5) is 0 Å². The number of aromatic nitrogens is 2. The van der Waals surface area contributed by atoms with Crippen molar-refractivity contribution in [3.8, 4) is 0 Å². The second-order valence-electron chi connectivity index (χ2n) is 7.70. The number of nitrogens with zero attached hydrogens (tertiary/aromatic N) is 3. The standard InChI is InChI=1S/C21H28N4O4S/c1-2-3-6-30-21-22-7-15(8-23-21)9-25-10-18-19(11-25)29-14-17(13-28-18)24-20(26)16-4-5-27-12-16/h4-5,7-8,12,17-19H,2-3,6,9-11,13-14H2,1H3,(H,24,26)/t18-,19-/m0/s1. The summed E-state index contributed by atoms with van der Waals surface area (Å²) in [6.45, 7) is 5.42. The molecule has 9 heteroatoms. The Morgan fingerprint density at radius 3 is 2.60 bits per heavy atom. The molecule has 0 saturated carbocycles. The van der Waals surface area contributed by atoms with Crippen molar-refractivity contribution in [3.05, 3.63) is 42.1 Å². The smallest absolute Gasteiger partial charge is 0.254 e. The number of carbonyl (C=O) groups excluding carboxylic acids is 1. The second-order valence-corrected chi connectivity index (χ2v) is 8.76. The van der Waals surface area contributed by atoms with Gasteiger partial charge in [0.05, 0.1) is 43.3 Å². The van der Waals surface area contributed by atoms with Crippen LogP contribution >= 0.6 is 11.8 Å². The van der Waals surface area contributed by atoms with E-state index in [4.69, 9.17) is 13.9 Å². The number of thioether (sulfide) groups is 1. The van der Waals surface area contributed by atoms with Gasteiger partial charge in [-0.1, -0.05) is 25.1 Å². The highest BCUT2D eigenvalue weighted by atomic mass is 32.2. The Morgan fingerprint density at radius 2 is 1.97 bits per heavy atom. The van der Waals surface area contributed by atoms with Crippen molar-refractivity contribution < 1.29 is 18.7 Å². The summed E-state index contributed by atoms with van der Waals surface area (Å²) in [5, 5.41) is 3.79. The van der Waals surface area contributed by atoms with Crippen LogP contribution in [0.15, 0.2) is 40.6 Å². The van der Waals surface area contributed by atoms with Crippen molar-refractivity contribution in [2.45, 2.75) is 49.7 Å². The molecule has 0 unspecified atom stereocenters. The molecule has 1 amide bonds. The number of ether oxygens (including phenoxy) is 2. The Morgan fingerprint density at radius 1 is 1.23 bits per heavy atom. The van der Waals surface area contributed by atoms with Gasteiger partial charge in [-0.15, -0.1) is 0 Å². The van der Waals surface area contributed by atoms with Crippen molar-refractivity contribution in [2.24, 2.45) is 0 Å². The fourth-order valence-electron chi connectivity index (χ4n) is 3.61. The molecule has 2 saturated heterocycles. The second kappa shape index (κ2) is 10.4. The SMILES string of the molecule is CCCCSc1ncc(CN2C[C@@H]3OCC(NC(=O)c4ccoc4)CO[C@H]3C2)cn1. The van der Waals surface area contributed by atoms with E-state index >= 15 is 0 Å². The fraction of sp³-hybridized carbons (Fsp3) is 0.571. The Hall–Kier alpha value is -1.94. The maximum Gasteiger partial charge on any atom is 0.254 e. The third-order valence-corrected chi connectivity index (χ3v) is 6.21. The van der Waals surface area contributed by atoms with Gasteiger partial charge in [0.15, 0.2) is 5.16 Å². The highest BCUT2D eigenvalue weighted by molar-refractivity contribution is 7.99. The Balaban J connectivity index is 1.23. The first-order valence-corrected chi connectivity index (χ1v) is 11.4. The van der Waals surface area contributed by atoms with Crippen LogP contribution in [0.5, 0.6) is 0 Å².